The first-order valence-electron chi connectivity index (χ1n) is 9.56. The molecule has 0 aliphatic carbocycles. The van der Waals surface area contributed by atoms with E-state index in [1.54, 1.807) is 6.07 Å². The largest absolute Gasteiger partial charge is 0.395 e. The van der Waals surface area contributed by atoms with Gasteiger partial charge in [0.2, 0.25) is 0 Å². The van der Waals surface area contributed by atoms with Crippen LogP contribution >= 0.6 is 0 Å². The Morgan fingerprint density at radius 2 is 1.83 bits per heavy atom. The van der Waals surface area contributed by atoms with Gasteiger partial charge in [-0.2, -0.15) is 0 Å². The molecule has 0 radical (unpaired) electrons. The van der Waals surface area contributed by atoms with Crippen molar-refractivity contribution in [3.63, 3.8) is 0 Å². The third-order valence-corrected chi connectivity index (χ3v) is 4.45. The second-order valence-electron chi connectivity index (χ2n) is 6.43. The van der Waals surface area contributed by atoms with Crippen LogP contribution in [0.4, 0.5) is 17.2 Å². The molecular formula is C22H25N5O2. The van der Waals surface area contributed by atoms with E-state index in [1.165, 1.54) is 6.33 Å². The summed E-state index contributed by atoms with van der Waals surface area (Å²) in [5.74, 6) is 0.289. The topological polar surface area (TPSA) is 90.4 Å². The fourth-order valence-corrected chi connectivity index (χ4v) is 2.91. The van der Waals surface area contributed by atoms with Crippen molar-refractivity contribution in [2.75, 3.05) is 29.9 Å². The maximum Gasteiger partial charge on any atom is 0.270 e. The van der Waals surface area contributed by atoms with Crippen LogP contribution in [0.15, 0.2) is 67.0 Å². The van der Waals surface area contributed by atoms with Crippen molar-refractivity contribution >= 4 is 23.1 Å². The molecular weight excluding hydrogens is 366 g/mol. The summed E-state index contributed by atoms with van der Waals surface area (Å²) in [7, 11) is 0. The van der Waals surface area contributed by atoms with E-state index >= 15 is 0 Å². The summed E-state index contributed by atoms with van der Waals surface area (Å²) >= 11 is 0. The van der Waals surface area contributed by atoms with Crippen LogP contribution in [-0.4, -0.2) is 40.7 Å². The lowest BCUT2D eigenvalue weighted by molar-refractivity contribution is 0.0946. The summed E-state index contributed by atoms with van der Waals surface area (Å²) in [5.41, 5.74) is 3.21. The number of likely N-dealkylation sites (N-methyl/N-ethyl adjacent to an activating group) is 1. The highest BCUT2D eigenvalue weighted by Crippen LogP contribution is 2.20. The summed E-state index contributed by atoms with van der Waals surface area (Å²) in [5, 5.41) is 15.2. The minimum atomic E-state index is -0.253. The molecule has 7 nitrogen and oxygen atoms in total. The van der Waals surface area contributed by atoms with Crippen molar-refractivity contribution in [2.24, 2.45) is 0 Å². The molecule has 7 heteroatoms. The summed E-state index contributed by atoms with van der Waals surface area (Å²) in [6, 6.07) is 19.2. The maximum atomic E-state index is 12.4. The Morgan fingerprint density at radius 1 is 1.07 bits per heavy atom. The number of aliphatic hydroxyl groups excluding tert-OH is 1. The van der Waals surface area contributed by atoms with Gasteiger partial charge in [0, 0.05) is 37.1 Å². The zero-order chi connectivity index (χ0) is 20.5. The number of carbonyl (C=O) groups excluding carboxylic acids is 1. The number of anilines is 3. The van der Waals surface area contributed by atoms with Gasteiger partial charge in [0.15, 0.2) is 0 Å². The summed E-state index contributed by atoms with van der Waals surface area (Å²) in [4.78, 5) is 22.7. The normalized spacial score (nSPS) is 10.4. The summed E-state index contributed by atoms with van der Waals surface area (Å²) in [6.45, 7) is 4.02. The van der Waals surface area contributed by atoms with Crippen molar-refractivity contribution in [2.45, 2.75) is 13.5 Å². The zero-order valence-electron chi connectivity index (χ0n) is 16.4. The third kappa shape index (κ3) is 5.76. The quantitative estimate of drug-likeness (QED) is 0.520. The molecule has 0 unspecified atom stereocenters. The molecule has 1 aromatic heterocycles. The van der Waals surface area contributed by atoms with Crippen molar-refractivity contribution < 1.29 is 9.90 Å². The molecule has 0 spiro atoms. The van der Waals surface area contributed by atoms with E-state index in [4.69, 9.17) is 5.11 Å². The highest BCUT2D eigenvalue weighted by molar-refractivity contribution is 5.92. The summed E-state index contributed by atoms with van der Waals surface area (Å²) in [6.07, 6.45) is 1.37. The van der Waals surface area contributed by atoms with Crippen LogP contribution in [0.25, 0.3) is 0 Å². The van der Waals surface area contributed by atoms with Gasteiger partial charge in [0.05, 0.1) is 6.61 Å². The molecule has 1 amide bonds. The number of aliphatic hydroxyl groups is 1. The number of carbonyl (C=O) groups is 1. The predicted octanol–water partition coefficient (Wildman–Crippen LogP) is 2.97. The number of rotatable bonds is 9. The standard InChI is InChI=1S/C22H25N5O2/c1-2-27(12-13-28)19-10-8-18(9-11-19)26-21-14-20(24-16-25-21)22(29)23-15-17-6-4-3-5-7-17/h3-11,14,16,28H,2,12-13,15H2,1H3,(H,23,29)(H,24,25,26). The van der Waals surface area contributed by atoms with Crippen molar-refractivity contribution in [1.29, 1.82) is 0 Å². The summed E-state index contributed by atoms with van der Waals surface area (Å²) < 4.78 is 0. The monoisotopic (exact) mass is 391 g/mol. The zero-order valence-corrected chi connectivity index (χ0v) is 16.4. The molecule has 2 aromatic carbocycles. The second kappa shape index (κ2) is 10.2. The molecule has 3 N–H and O–H groups in total. The van der Waals surface area contributed by atoms with Gasteiger partial charge >= 0.3 is 0 Å². The van der Waals surface area contributed by atoms with E-state index in [2.05, 4.69) is 25.5 Å². The van der Waals surface area contributed by atoms with E-state index in [0.29, 0.717) is 24.6 Å². The molecule has 3 rings (SSSR count). The minimum Gasteiger partial charge on any atom is -0.395 e. The van der Waals surface area contributed by atoms with Crippen LogP contribution in [0.3, 0.4) is 0 Å². The molecule has 0 saturated carbocycles. The minimum absolute atomic E-state index is 0.115. The van der Waals surface area contributed by atoms with Gasteiger partial charge in [-0.05, 0) is 36.8 Å². The van der Waals surface area contributed by atoms with Gasteiger partial charge in [0.1, 0.15) is 17.8 Å². The van der Waals surface area contributed by atoms with Gasteiger partial charge < -0.3 is 20.6 Å². The number of nitrogens with one attached hydrogen (secondary N) is 2. The van der Waals surface area contributed by atoms with Gasteiger partial charge in [-0.1, -0.05) is 30.3 Å². The highest BCUT2D eigenvalue weighted by Gasteiger charge is 2.09. The third-order valence-electron chi connectivity index (χ3n) is 4.45. The fraction of sp³-hybridized carbons (Fsp3) is 0.227. The molecule has 1 heterocycles. The van der Waals surface area contributed by atoms with Gasteiger partial charge in [-0.25, -0.2) is 9.97 Å². The van der Waals surface area contributed by atoms with E-state index in [-0.39, 0.29) is 12.5 Å². The first-order chi connectivity index (χ1) is 14.2. The number of benzene rings is 2. The average molecular weight is 391 g/mol. The van der Waals surface area contributed by atoms with Crippen molar-refractivity contribution in [1.82, 2.24) is 15.3 Å². The first kappa shape index (κ1) is 20.3. The van der Waals surface area contributed by atoms with E-state index in [0.717, 1.165) is 23.5 Å². The van der Waals surface area contributed by atoms with Gasteiger partial charge in [0.25, 0.3) is 5.91 Å². The number of amides is 1. The number of nitrogens with zero attached hydrogens (tertiary/aromatic N) is 3. The van der Waals surface area contributed by atoms with Crippen molar-refractivity contribution in [3.05, 3.63) is 78.2 Å². The average Bonchev–Trinajstić information content (AvgIpc) is 2.77. The molecule has 0 bridgehead atoms. The molecule has 0 aliphatic heterocycles. The van der Waals surface area contributed by atoms with Gasteiger partial charge in [-0.3, -0.25) is 4.79 Å². The Bertz CT molecular complexity index is 916. The van der Waals surface area contributed by atoms with Crippen LogP contribution in [0, 0.1) is 0 Å². The van der Waals surface area contributed by atoms with Crippen LogP contribution in [0.5, 0.6) is 0 Å². The van der Waals surface area contributed by atoms with Crippen LogP contribution in [0.1, 0.15) is 23.0 Å². The smallest absolute Gasteiger partial charge is 0.270 e. The van der Waals surface area contributed by atoms with E-state index < -0.39 is 0 Å². The molecule has 0 atom stereocenters. The Kier molecular flexibility index (Phi) is 7.13. The molecule has 0 saturated heterocycles. The van der Waals surface area contributed by atoms with E-state index in [1.807, 2.05) is 61.5 Å². The lowest BCUT2D eigenvalue weighted by atomic mass is 10.2. The lowest BCUT2D eigenvalue weighted by Crippen LogP contribution is -2.25. The SMILES string of the molecule is CCN(CCO)c1ccc(Nc2cc(C(=O)NCc3ccccc3)ncn2)cc1. The van der Waals surface area contributed by atoms with Crippen LogP contribution < -0.4 is 15.5 Å². The first-order valence-corrected chi connectivity index (χ1v) is 9.56. The Labute approximate surface area is 170 Å². The number of hydrogen-bond donors (Lipinski definition) is 3. The maximum absolute atomic E-state index is 12.4. The van der Waals surface area contributed by atoms with E-state index in [9.17, 15) is 4.79 Å². The fourth-order valence-electron chi connectivity index (χ4n) is 2.91. The predicted molar refractivity (Wildman–Crippen MR) is 114 cm³/mol. The number of aromatic nitrogens is 2. The van der Waals surface area contributed by atoms with Gasteiger partial charge in [-0.15, -0.1) is 0 Å². The van der Waals surface area contributed by atoms with Crippen LogP contribution in [0.2, 0.25) is 0 Å². The molecule has 0 fully saturated rings. The van der Waals surface area contributed by atoms with Crippen molar-refractivity contribution in [3.8, 4) is 0 Å². The lowest BCUT2D eigenvalue weighted by Gasteiger charge is -2.22. The number of hydrogen-bond acceptors (Lipinski definition) is 6. The molecule has 3 aromatic rings. The van der Waals surface area contributed by atoms with Crippen LogP contribution in [-0.2, 0) is 6.54 Å². The second-order valence-corrected chi connectivity index (χ2v) is 6.43. The molecule has 0 aliphatic rings. The molecule has 29 heavy (non-hydrogen) atoms. The Morgan fingerprint density at radius 3 is 2.52 bits per heavy atom. The Hall–Kier alpha value is -3.45. The highest BCUT2D eigenvalue weighted by atomic mass is 16.3. The Balaban J connectivity index is 1.62. The molecule has 150 valence electrons.